The number of hydrogen-bond donors (Lipinski definition) is 3. The molecule has 1 rings (SSSR count). The number of nitrogens with two attached hydrogens (primary N) is 2. The van der Waals surface area contributed by atoms with Gasteiger partial charge in [0.1, 0.15) is 4.90 Å². The van der Waals surface area contributed by atoms with Crippen molar-refractivity contribution in [2.24, 2.45) is 5.14 Å². The van der Waals surface area contributed by atoms with Crippen LogP contribution in [-0.4, -0.2) is 32.7 Å². The largest absolute Gasteiger partial charge is 0.398 e. The smallest absolute Gasteiger partial charge is 0.240 e. The Morgan fingerprint density at radius 3 is 2.30 bits per heavy atom. The van der Waals surface area contributed by atoms with E-state index < -0.39 is 10.0 Å². The van der Waals surface area contributed by atoms with E-state index in [9.17, 15) is 13.5 Å². The Morgan fingerprint density at radius 1 is 1.30 bits per heavy atom. The third-order valence-electron chi connectivity index (χ3n) is 3.36. The lowest BCUT2D eigenvalue weighted by Crippen LogP contribution is -2.36. The lowest BCUT2D eigenvalue weighted by Gasteiger charge is -2.32. The van der Waals surface area contributed by atoms with Crippen molar-refractivity contribution in [1.82, 2.24) is 0 Å². The van der Waals surface area contributed by atoms with E-state index in [0.717, 1.165) is 18.5 Å². The van der Waals surface area contributed by atoms with Crippen molar-refractivity contribution >= 4 is 21.4 Å². The number of primary sulfonamides is 1. The second-order valence-electron chi connectivity index (χ2n) is 4.65. The molecule has 0 fully saturated rings. The van der Waals surface area contributed by atoms with Gasteiger partial charge in [0, 0.05) is 18.3 Å². The Balaban J connectivity index is 3.19. The van der Waals surface area contributed by atoms with E-state index in [2.05, 4.69) is 13.8 Å². The molecule has 0 saturated carbocycles. The lowest BCUT2D eigenvalue weighted by atomic mass is 10.1. The molecule has 0 radical (unpaired) electrons. The van der Waals surface area contributed by atoms with E-state index in [1.54, 1.807) is 12.1 Å². The highest BCUT2D eigenvalue weighted by molar-refractivity contribution is 7.89. The summed E-state index contributed by atoms with van der Waals surface area (Å²) in [7, 11) is -3.81. The number of sulfonamides is 1. The number of anilines is 2. The average molecular weight is 301 g/mol. The fourth-order valence-electron chi connectivity index (χ4n) is 2.33. The van der Waals surface area contributed by atoms with Crippen LogP contribution >= 0.6 is 0 Å². The molecular formula is C13H23N3O3S. The summed E-state index contributed by atoms with van der Waals surface area (Å²) in [6, 6.07) is 4.94. The Kier molecular flexibility index (Phi) is 5.79. The number of nitrogens with zero attached hydrogens (tertiary/aromatic N) is 1. The molecule has 0 aliphatic heterocycles. The molecule has 0 heterocycles. The van der Waals surface area contributed by atoms with Crippen LogP contribution in [0.15, 0.2) is 23.1 Å². The highest BCUT2D eigenvalue weighted by atomic mass is 32.2. The fraction of sp³-hybridized carbons (Fsp3) is 0.538. The maximum absolute atomic E-state index is 11.4. The zero-order valence-electron chi connectivity index (χ0n) is 11.9. The van der Waals surface area contributed by atoms with Crippen LogP contribution in [0.1, 0.15) is 26.7 Å². The molecule has 7 heteroatoms. The molecule has 20 heavy (non-hydrogen) atoms. The van der Waals surface area contributed by atoms with Gasteiger partial charge in [0.15, 0.2) is 0 Å². The van der Waals surface area contributed by atoms with E-state index in [1.807, 2.05) is 4.90 Å². The predicted octanol–water partition coefficient (Wildman–Crippen LogP) is 0.904. The highest BCUT2D eigenvalue weighted by Gasteiger charge is 2.18. The second-order valence-corrected chi connectivity index (χ2v) is 6.18. The molecule has 0 amide bonds. The Hall–Kier alpha value is -1.31. The van der Waals surface area contributed by atoms with Crippen LogP contribution in [-0.2, 0) is 10.0 Å². The molecule has 1 aromatic carbocycles. The van der Waals surface area contributed by atoms with Crippen molar-refractivity contribution in [1.29, 1.82) is 0 Å². The molecule has 0 unspecified atom stereocenters. The average Bonchev–Trinajstić information content (AvgIpc) is 2.37. The van der Waals surface area contributed by atoms with Gasteiger partial charge in [-0.1, -0.05) is 13.8 Å². The molecule has 0 bridgehead atoms. The van der Waals surface area contributed by atoms with E-state index >= 15 is 0 Å². The van der Waals surface area contributed by atoms with Crippen molar-refractivity contribution in [3.8, 4) is 0 Å². The van der Waals surface area contributed by atoms with Crippen LogP contribution in [0.3, 0.4) is 0 Å². The number of aliphatic hydroxyl groups is 1. The molecular weight excluding hydrogens is 278 g/mol. The van der Waals surface area contributed by atoms with Crippen molar-refractivity contribution in [2.75, 3.05) is 23.8 Å². The van der Waals surface area contributed by atoms with Gasteiger partial charge in [0.2, 0.25) is 10.0 Å². The van der Waals surface area contributed by atoms with Gasteiger partial charge >= 0.3 is 0 Å². The van der Waals surface area contributed by atoms with Gasteiger partial charge in [0.25, 0.3) is 0 Å². The molecule has 5 N–H and O–H groups in total. The molecule has 0 spiro atoms. The predicted molar refractivity (Wildman–Crippen MR) is 81.0 cm³/mol. The zero-order valence-corrected chi connectivity index (χ0v) is 12.7. The van der Waals surface area contributed by atoms with Crippen LogP contribution in [0.4, 0.5) is 11.4 Å². The van der Waals surface area contributed by atoms with Crippen LogP contribution < -0.4 is 15.8 Å². The minimum Gasteiger partial charge on any atom is -0.398 e. The number of benzene rings is 1. The molecule has 114 valence electrons. The Morgan fingerprint density at radius 2 is 1.90 bits per heavy atom. The van der Waals surface area contributed by atoms with Gasteiger partial charge in [-0.25, -0.2) is 13.6 Å². The monoisotopic (exact) mass is 301 g/mol. The second kappa shape index (κ2) is 6.92. The summed E-state index contributed by atoms with van der Waals surface area (Å²) < 4.78 is 22.7. The highest BCUT2D eigenvalue weighted by Crippen LogP contribution is 2.26. The van der Waals surface area contributed by atoms with Crippen molar-refractivity contribution in [3.63, 3.8) is 0 Å². The Bertz CT molecular complexity index is 542. The summed E-state index contributed by atoms with van der Waals surface area (Å²) in [6.07, 6.45) is 1.85. The molecule has 0 aliphatic rings. The number of nitrogen functional groups attached to an aromatic ring is 1. The van der Waals surface area contributed by atoms with E-state index in [0.29, 0.717) is 6.54 Å². The first kappa shape index (κ1) is 16.7. The maximum atomic E-state index is 11.4. The first-order valence-corrected chi connectivity index (χ1v) is 8.19. The molecule has 0 atom stereocenters. The normalized spacial score (nSPS) is 11.8. The third-order valence-corrected chi connectivity index (χ3v) is 4.34. The van der Waals surface area contributed by atoms with E-state index in [4.69, 9.17) is 10.9 Å². The fourth-order valence-corrected chi connectivity index (χ4v) is 2.98. The van der Waals surface area contributed by atoms with Crippen molar-refractivity contribution < 1.29 is 13.5 Å². The lowest BCUT2D eigenvalue weighted by molar-refractivity contribution is 0.296. The summed E-state index contributed by atoms with van der Waals surface area (Å²) in [5, 5.41) is 14.3. The van der Waals surface area contributed by atoms with Crippen LogP contribution in [0.25, 0.3) is 0 Å². The van der Waals surface area contributed by atoms with Crippen LogP contribution in [0, 0.1) is 0 Å². The van der Waals surface area contributed by atoms with Gasteiger partial charge in [-0.05, 0) is 31.0 Å². The number of hydrogen-bond acceptors (Lipinski definition) is 5. The molecule has 0 aromatic heterocycles. The zero-order chi connectivity index (χ0) is 15.3. The topological polar surface area (TPSA) is 110 Å². The first-order valence-electron chi connectivity index (χ1n) is 6.64. The SMILES string of the molecule is CCC(CC)N(CCO)c1ccc(S(N)(=O)=O)c(N)c1. The molecule has 1 aromatic rings. The summed E-state index contributed by atoms with van der Waals surface area (Å²) in [5.74, 6) is 0. The minimum atomic E-state index is -3.81. The summed E-state index contributed by atoms with van der Waals surface area (Å²) in [6.45, 7) is 4.63. The number of aliphatic hydroxyl groups excluding tert-OH is 1. The van der Waals surface area contributed by atoms with Crippen LogP contribution in [0.2, 0.25) is 0 Å². The summed E-state index contributed by atoms with van der Waals surface area (Å²) in [4.78, 5) is 1.96. The van der Waals surface area contributed by atoms with E-state index in [-0.39, 0.29) is 23.2 Å². The maximum Gasteiger partial charge on any atom is 0.240 e. The molecule has 0 aliphatic carbocycles. The third kappa shape index (κ3) is 3.84. The summed E-state index contributed by atoms with van der Waals surface area (Å²) in [5.41, 5.74) is 6.69. The van der Waals surface area contributed by atoms with Crippen LogP contribution in [0.5, 0.6) is 0 Å². The Labute approximate surface area is 120 Å². The molecule has 6 nitrogen and oxygen atoms in total. The van der Waals surface area contributed by atoms with Gasteiger partial charge < -0.3 is 15.7 Å². The summed E-state index contributed by atoms with van der Waals surface area (Å²) >= 11 is 0. The van der Waals surface area contributed by atoms with Gasteiger partial charge in [-0.3, -0.25) is 0 Å². The van der Waals surface area contributed by atoms with Gasteiger partial charge in [-0.2, -0.15) is 0 Å². The van der Waals surface area contributed by atoms with Gasteiger partial charge in [-0.15, -0.1) is 0 Å². The number of rotatable bonds is 7. The standard InChI is InChI=1S/C13H23N3O3S/c1-3-10(4-2)16(7-8-17)11-5-6-13(12(14)9-11)20(15,18)19/h5-6,9-10,17H,3-4,7-8,14H2,1-2H3,(H2,15,18,19). The van der Waals surface area contributed by atoms with Crippen molar-refractivity contribution in [2.45, 2.75) is 37.6 Å². The first-order chi connectivity index (χ1) is 9.35. The van der Waals surface area contributed by atoms with Crippen molar-refractivity contribution in [3.05, 3.63) is 18.2 Å². The van der Waals surface area contributed by atoms with E-state index in [1.165, 1.54) is 6.07 Å². The molecule has 0 saturated heterocycles. The quantitative estimate of drug-likeness (QED) is 0.648. The minimum absolute atomic E-state index is 0.0212. The van der Waals surface area contributed by atoms with Gasteiger partial charge in [0.05, 0.1) is 12.3 Å².